The summed E-state index contributed by atoms with van der Waals surface area (Å²) in [5, 5.41) is 6.79. The fourth-order valence-electron chi connectivity index (χ4n) is 4.07. The number of nitrogens with zero attached hydrogens (tertiary/aromatic N) is 1. The van der Waals surface area contributed by atoms with Crippen molar-refractivity contribution in [2.45, 2.75) is 69.9 Å². The van der Waals surface area contributed by atoms with Crippen molar-refractivity contribution >= 4 is 15.9 Å². The van der Waals surface area contributed by atoms with Gasteiger partial charge in [-0.25, -0.2) is 8.42 Å². The van der Waals surface area contributed by atoms with Crippen molar-refractivity contribution < 1.29 is 17.7 Å². The predicted molar refractivity (Wildman–Crippen MR) is 110 cm³/mol. The number of rotatable bonds is 8. The predicted octanol–water partition coefficient (Wildman–Crippen LogP) is 2.88. The summed E-state index contributed by atoms with van der Waals surface area (Å²) >= 11 is 0. The van der Waals surface area contributed by atoms with Crippen LogP contribution in [0.2, 0.25) is 0 Å². The van der Waals surface area contributed by atoms with E-state index in [1.807, 2.05) is 18.2 Å². The maximum Gasteiger partial charge on any atom is 0.246 e. The highest BCUT2D eigenvalue weighted by Gasteiger charge is 2.31. The van der Waals surface area contributed by atoms with E-state index in [4.69, 9.17) is 4.52 Å². The molecule has 0 radical (unpaired) electrons. The number of amides is 1. The number of benzene rings is 1. The minimum Gasteiger partial charge on any atom is -0.360 e. The molecule has 0 spiro atoms. The van der Waals surface area contributed by atoms with Crippen LogP contribution in [0.25, 0.3) is 0 Å². The third-order valence-corrected chi connectivity index (χ3v) is 7.34. The van der Waals surface area contributed by atoms with E-state index < -0.39 is 16.1 Å². The van der Waals surface area contributed by atoms with Gasteiger partial charge in [-0.2, -0.15) is 4.72 Å². The van der Waals surface area contributed by atoms with Crippen LogP contribution in [0.3, 0.4) is 0 Å². The first-order chi connectivity index (χ1) is 13.8. The Morgan fingerprint density at radius 2 is 1.86 bits per heavy atom. The van der Waals surface area contributed by atoms with Gasteiger partial charge in [-0.1, -0.05) is 48.3 Å². The average molecular weight is 420 g/mol. The molecule has 158 valence electrons. The molecule has 1 aliphatic carbocycles. The zero-order valence-electron chi connectivity index (χ0n) is 17.1. The van der Waals surface area contributed by atoms with E-state index in [2.05, 4.69) is 27.3 Å². The van der Waals surface area contributed by atoms with Gasteiger partial charge in [-0.05, 0) is 51.5 Å². The van der Waals surface area contributed by atoms with Gasteiger partial charge in [0.2, 0.25) is 15.9 Å². The molecule has 1 aromatic heterocycles. The maximum atomic E-state index is 12.8. The lowest BCUT2D eigenvalue weighted by atomic mass is 9.92. The van der Waals surface area contributed by atoms with Crippen LogP contribution in [-0.2, 0) is 21.2 Å². The molecule has 1 unspecified atom stereocenters. The molecule has 2 N–H and O–H groups in total. The normalized spacial score (nSPS) is 17.2. The smallest absolute Gasteiger partial charge is 0.246 e. The zero-order valence-corrected chi connectivity index (χ0v) is 18.0. The number of carbonyl (C=O) groups excluding carboxylic acids is 1. The summed E-state index contributed by atoms with van der Waals surface area (Å²) in [5.41, 5.74) is 1.43. The van der Waals surface area contributed by atoms with E-state index >= 15 is 0 Å². The second kappa shape index (κ2) is 9.09. The lowest BCUT2D eigenvalue weighted by molar-refractivity contribution is -0.123. The molecule has 29 heavy (non-hydrogen) atoms. The van der Waals surface area contributed by atoms with Gasteiger partial charge in [-0.15, -0.1) is 0 Å². The molecule has 7 nitrogen and oxygen atoms in total. The lowest BCUT2D eigenvalue weighted by Gasteiger charge is -2.26. The summed E-state index contributed by atoms with van der Waals surface area (Å²) in [6, 6.07) is 9.13. The van der Waals surface area contributed by atoms with Crippen molar-refractivity contribution in [3.05, 3.63) is 47.3 Å². The summed E-state index contributed by atoms with van der Waals surface area (Å²) < 4.78 is 32.8. The summed E-state index contributed by atoms with van der Waals surface area (Å²) in [5.74, 6) is 0.286. The van der Waals surface area contributed by atoms with Crippen LogP contribution in [0.5, 0.6) is 0 Å². The van der Waals surface area contributed by atoms with Gasteiger partial charge in [0.05, 0.1) is 6.04 Å². The van der Waals surface area contributed by atoms with E-state index in [-0.39, 0.29) is 28.3 Å². The minimum atomic E-state index is -3.90. The molecular weight excluding hydrogens is 390 g/mol. The number of nitrogens with one attached hydrogen (secondary N) is 2. The van der Waals surface area contributed by atoms with Crippen molar-refractivity contribution in [3.8, 4) is 0 Å². The van der Waals surface area contributed by atoms with E-state index in [9.17, 15) is 13.2 Å². The Bertz CT molecular complexity index is 915. The van der Waals surface area contributed by atoms with Crippen LogP contribution in [0.4, 0.5) is 0 Å². The molecule has 1 heterocycles. The molecule has 0 saturated heterocycles. The number of carbonyl (C=O) groups is 1. The summed E-state index contributed by atoms with van der Waals surface area (Å²) in [6.45, 7) is 4.65. The van der Waals surface area contributed by atoms with E-state index in [0.29, 0.717) is 5.92 Å². The van der Waals surface area contributed by atoms with Crippen molar-refractivity contribution in [2.75, 3.05) is 0 Å². The first kappa shape index (κ1) is 21.5. The number of sulfonamides is 1. The summed E-state index contributed by atoms with van der Waals surface area (Å²) in [6.07, 6.45) is 5.23. The van der Waals surface area contributed by atoms with Crippen molar-refractivity contribution in [1.82, 2.24) is 15.2 Å². The van der Waals surface area contributed by atoms with Gasteiger partial charge >= 0.3 is 0 Å². The van der Waals surface area contributed by atoms with Crippen LogP contribution in [0.15, 0.2) is 39.8 Å². The molecule has 1 fully saturated rings. The Hall–Kier alpha value is -2.19. The lowest BCUT2D eigenvalue weighted by Crippen LogP contribution is -2.50. The third kappa shape index (κ3) is 5.25. The van der Waals surface area contributed by atoms with Crippen LogP contribution < -0.4 is 10.0 Å². The number of aryl methyl sites for hydroxylation is 2. The number of hydrogen-bond acceptors (Lipinski definition) is 5. The monoisotopic (exact) mass is 419 g/mol. The molecule has 8 heteroatoms. The minimum absolute atomic E-state index is 0.00576. The Labute approximate surface area is 172 Å². The second-order valence-corrected chi connectivity index (χ2v) is 9.50. The fraction of sp³-hybridized carbons (Fsp3) is 0.524. The second-order valence-electron chi connectivity index (χ2n) is 7.85. The Balaban J connectivity index is 1.70. The average Bonchev–Trinajstić information content (AvgIpc) is 3.31. The maximum absolute atomic E-state index is 12.8. The molecule has 1 aromatic carbocycles. The molecular formula is C21H29N3O4S. The molecule has 0 aliphatic heterocycles. The van der Waals surface area contributed by atoms with Gasteiger partial charge < -0.3 is 9.84 Å². The highest BCUT2D eigenvalue weighted by molar-refractivity contribution is 7.89. The van der Waals surface area contributed by atoms with Crippen LogP contribution in [0.1, 0.15) is 49.6 Å². The number of aromatic nitrogens is 1. The summed E-state index contributed by atoms with van der Waals surface area (Å²) in [4.78, 5) is 12.8. The van der Waals surface area contributed by atoms with E-state index in [1.54, 1.807) is 13.8 Å². The summed E-state index contributed by atoms with van der Waals surface area (Å²) in [7, 11) is -3.90. The highest BCUT2D eigenvalue weighted by Crippen LogP contribution is 2.29. The number of hydrogen-bond donors (Lipinski definition) is 2. The van der Waals surface area contributed by atoms with Gasteiger partial charge in [-0.3, -0.25) is 4.79 Å². The van der Waals surface area contributed by atoms with Crippen LogP contribution in [0, 0.1) is 19.8 Å². The van der Waals surface area contributed by atoms with Gasteiger partial charge in [0.25, 0.3) is 0 Å². The van der Waals surface area contributed by atoms with Crippen molar-refractivity contribution in [1.29, 1.82) is 0 Å². The highest BCUT2D eigenvalue weighted by atomic mass is 32.2. The van der Waals surface area contributed by atoms with Crippen LogP contribution >= 0.6 is 0 Å². The third-order valence-electron chi connectivity index (χ3n) is 5.56. The molecule has 2 aromatic rings. The van der Waals surface area contributed by atoms with Gasteiger partial charge in [0, 0.05) is 6.04 Å². The first-order valence-corrected chi connectivity index (χ1v) is 11.6. The first-order valence-electron chi connectivity index (χ1n) is 10.1. The quantitative estimate of drug-likeness (QED) is 0.685. The Morgan fingerprint density at radius 3 is 2.45 bits per heavy atom. The standard InChI is InChI=1S/C21H29N3O4S/c1-14-20(16(3)28-23-14)29(26,27)24-15(2)21(25)22-19(18-11-7-8-12-18)13-17-9-5-4-6-10-17/h4-6,9-10,15,18-19,24H,7-8,11-13H2,1-3H3,(H,22,25)/t15-,19?/m0/s1. The largest absolute Gasteiger partial charge is 0.360 e. The molecule has 1 saturated carbocycles. The van der Waals surface area contributed by atoms with Crippen molar-refractivity contribution in [3.63, 3.8) is 0 Å². The van der Waals surface area contributed by atoms with Gasteiger partial charge in [0.15, 0.2) is 5.76 Å². The zero-order chi connectivity index (χ0) is 21.0. The van der Waals surface area contributed by atoms with Gasteiger partial charge in [0.1, 0.15) is 10.6 Å². The Morgan fingerprint density at radius 1 is 1.21 bits per heavy atom. The Kier molecular flexibility index (Phi) is 6.74. The molecule has 1 amide bonds. The topological polar surface area (TPSA) is 101 Å². The molecule has 2 atom stereocenters. The molecule has 1 aliphatic rings. The fourth-order valence-corrected chi connectivity index (χ4v) is 5.61. The molecule has 3 rings (SSSR count). The van der Waals surface area contributed by atoms with E-state index in [1.165, 1.54) is 19.8 Å². The molecule has 0 bridgehead atoms. The SMILES string of the molecule is Cc1noc(C)c1S(=O)(=O)N[C@@H](C)C(=O)NC(Cc1ccccc1)C1CCCC1. The van der Waals surface area contributed by atoms with Crippen LogP contribution in [-0.4, -0.2) is 31.6 Å². The van der Waals surface area contributed by atoms with E-state index in [0.717, 1.165) is 24.8 Å². The van der Waals surface area contributed by atoms with Crippen molar-refractivity contribution in [2.24, 2.45) is 5.92 Å².